The first kappa shape index (κ1) is 21.8. The Kier molecular flexibility index (Phi) is 6.41. The predicted octanol–water partition coefficient (Wildman–Crippen LogP) is 6.07. The molecule has 0 fully saturated rings. The van der Waals surface area contributed by atoms with E-state index in [4.69, 9.17) is 9.47 Å². The van der Waals surface area contributed by atoms with Gasteiger partial charge in [-0.2, -0.15) is 0 Å². The summed E-state index contributed by atoms with van der Waals surface area (Å²) in [6.45, 7) is -0.131. The average Bonchev–Trinajstić information content (AvgIpc) is 3.20. The van der Waals surface area contributed by atoms with Gasteiger partial charge in [0.05, 0.1) is 17.5 Å². The van der Waals surface area contributed by atoms with Crippen LogP contribution in [0.1, 0.15) is 22.6 Å². The van der Waals surface area contributed by atoms with Crippen LogP contribution in [-0.4, -0.2) is 23.6 Å². The minimum Gasteiger partial charge on any atom is -0.493 e. The van der Waals surface area contributed by atoms with E-state index in [-0.39, 0.29) is 23.9 Å². The summed E-state index contributed by atoms with van der Waals surface area (Å²) in [5.41, 5.74) is 3.14. The molecule has 0 aliphatic rings. The number of aromatic amines is 1. The predicted molar refractivity (Wildman–Crippen MR) is 123 cm³/mol. The summed E-state index contributed by atoms with van der Waals surface area (Å²) in [7, 11) is 1.51. The Morgan fingerprint density at radius 2 is 1.97 bits per heavy atom. The number of nitrogens with zero attached hydrogens (tertiary/aromatic N) is 1. The lowest BCUT2D eigenvalue weighted by molar-refractivity contribution is -0.481. The third-order valence-corrected chi connectivity index (χ3v) is 5.84. The number of ether oxygens (including phenoxy) is 2. The highest BCUT2D eigenvalue weighted by molar-refractivity contribution is 9.10. The SMILES string of the molecule is COc1cc([C@@H](C[N+](=O)[O-])c2c[nH]c3ccccc23)cc(Br)c1OCc1cccc(F)c1. The Hall–Kier alpha value is -3.39. The zero-order valence-corrected chi connectivity index (χ0v) is 18.8. The van der Waals surface area contributed by atoms with Crippen LogP contribution in [0.25, 0.3) is 10.9 Å². The van der Waals surface area contributed by atoms with Crippen molar-refractivity contribution in [3.05, 3.63) is 104 Å². The third kappa shape index (κ3) is 4.60. The molecule has 4 rings (SSSR count). The molecule has 0 spiro atoms. The number of nitro groups is 1. The second-order valence-corrected chi connectivity index (χ2v) is 8.16. The highest BCUT2D eigenvalue weighted by Crippen LogP contribution is 2.41. The minimum atomic E-state index is -0.497. The standard InChI is InChI=1S/C24H20BrFN2O4/c1-31-23-11-16(10-21(25)24(23)32-14-15-5-4-6-17(26)9-15)20(13-28(29)30)19-12-27-22-8-3-2-7-18(19)22/h2-12,20,27H,13-14H2,1H3/t20-/m1/s1. The highest BCUT2D eigenvalue weighted by atomic mass is 79.9. The zero-order chi connectivity index (χ0) is 22.7. The first-order valence-electron chi connectivity index (χ1n) is 9.88. The summed E-state index contributed by atoms with van der Waals surface area (Å²) in [4.78, 5) is 14.4. The van der Waals surface area contributed by atoms with Crippen LogP contribution in [0.3, 0.4) is 0 Å². The maximum absolute atomic E-state index is 13.5. The van der Waals surface area contributed by atoms with Crippen molar-refractivity contribution in [1.82, 2.24) is 4.98 Å². The number of methoxy groups -OCH3 is 1. The van der Waals surface area contributed by atoms with Gasteiger partial charge in [-0.15, -0.1) is 0 Å². The number of hydrogen-bond acceptors (Lipinski definition) is 4. The largest absolute Gasteiger partial charge is 0.493 e. The molecule has 6 nitrogen and oxygen atoms in total. The molecule has 1 N–H and O–H groups in total. The van der Waals surface area contributed by atoms with Gasteiger partial charge in [-0.1, -0.05) is 30.3 Å². The summed E-state index contributed by atoms with van der Waals surface area (Å²) in [6.07, 6.45) is 1.81. The molecule has 0 saturated carbocycles. The molecule has 0 amide bonds. The molecule has 1 aromatic heterocycles. The number of para-hydroxylation sites is 1. The van der Waals surface area contributed by atoms with Crippen LogP contribution in [0.5, 0.6) is 11.5 Å². The molecule has 1 atom stereocenters. The first-order valence-corrected chi connectivity index (χ1v) is 10.7. The summed E-state index contributed by atoms with van der Waals surface area (Å²) in [5.74, 6) is 0.0377. The maximum atomic E-state index is 13.5. The van der Waals surface area contributed by atoms with Gasteiger partial charge in [-0.25, -0.2) is 4.39 Å². The number of nitrogens with one attached hydrogen (secondary N) is 1. The Morgan fingerprint density at radius 1 is 1.16 bits per heavy atom. The molecule has 0 radical (unpaired) electrons. The van der Waals surface area contributed by atoms with E-state index in [1.165, 1.54) is 19.2 Å². The zero-order valence-electron chi connectivity index (χ0n) is 17.2. The van der Waals surface area contributed by atoms with Crippen LogP contribution in [0, 0.1) is 15.9 Å². The van der Waals surface area contributed by atoms with Crippen molar-refractivity contribution in [3.8, 4) is 11.5 Å². The number of hydrogen-bond donors (Lipinski definition) is 1. The van der Waals surface area contributed by atoms with Crippen LogP contribution in [0.4, 0.5) is 4.39 Å². The van der Waals surface area contributed by atoms with Crippen LogP contribution >= 0.6 is 15.9 Å². The van der Waals surface area contributed by atoms with Crippen molar-refractivity contribution in [2.24, 2.45) is 0 Å². The molecule has 0 unspecified atom stereocenters. The van der Waals surface area contributed by atoms with E-state index in [9.17, 15) is 14.5 Å². The number of rotatable bonds is 8. The van der Waals surface area contributed by atoms with Gasteiger partial charge in [0.25, 0.3) is 0 Å². The normalized spacial score (nSPS) is 12.0. The van der Waals surface area contributed by atoms with Crippen LogP contribution < -0.4 is 9.47 Å². The summed E-state index contributed by atoms with van der Waals surface area (Å²) < 4.78 is 25.5. The van der Waals surface area contributed by atoms with Gasteiger partial charge in [-0.05, 0) is 63.0 Å². The molecule has 0 aliphatic carbocycles. The summed E-state index contributed by atoms with van der Waals surface area (Å²) >= 11 is 3.52. The molecule has 4 aromatic rings. The smallest absolute Gasteiger partial charge is 0.214 e. The van der Waals surface area contributed by atoms with Gasteiger partial charge in [0, 0.05) is 22.0 Å². The van der Waals surface area contributed by atoms with Gasteiger partial charge in [0.15, 0.2) is 11.5 Å². The second-order valence-electron chi connectivity index (χ2n) is 7.31. The fourth-order valence-electron chi connectivity index (χ4n) is 3.78. The lowest BCUT2D eigenvalue weighted by Crippen LogP contribution is -2.14. The highest BCUT2D eigenvalue weighted by Gasteiger charge is 2.26. The van der Waals surface area contributed by atoms with E-state index in [0.717, 1.165) is 16.5 Å². The third-order valence-electron chi connectivity index (χ3n) is 5.25. The van der Waals surface area contributed by atoms with Crippen molar-refractivity contribution in [3.63, 3.8) is 0 Å². The van der Waals surface area contributed by atoms with Gasteiger partial charge < -0.3 is 14.5 Å². The Balaban J connectivity index is 1.71. The number of halogens is 2. The topological polar surface area (TPSA) is 77.4 Å². The van der Waals surface area contributed by atoms with Gasteiger partial charge in [-0.3, -0.25) is 10.1 Å². The van der Waals surface area contributed by atoms with E-state index in [2.05, 4.69) is 20.9 Å². The summed E-state index contributed by atoms with van der Waals surface area (Å²) in [6, 6.07) is 17.4. The molecule has 1 heterocycles. The van der Waals surface area contributed by atoms with Crippen molar-refractivity contribution in [2.75, 3.05) is 13.7 Å². The Labute approximate surface area is 192 Å². The Morgan fingerprint density at radius 3 is 2.72 bits per heavy atom. The van der Waals surface area contributed by atoms with E-state index in [0.29, 0.717) is 27.1 Å². The van der Waals surface area contributed by atoms with E-state index < -0.39 is 5.92 Å². The average molecular weight is 499 g/mol. The fourth-order valence-corrected chi connectivity index (χ4v) is 4.35. The van der Waals surface area contributed by atoms with Crippen molar-refractivity contribution in [2.45, 2.75) is 12.5 Å². The quantitative estimate of drug-likeness (QED) is 0.236. The van der Waals surface area contributed by atoms with Crippen molar-refractivity contribution < 1.29 is 18.8 Å². The molecule has 3 aromatic carbocycles. The molecule has 0 saturated heterocycles. The first-order chi connectivity index (χ1) is 15.5. The van der Waals surface area contributed by atoms with Gasteiger partial charge in [0.2, 0.25) is 6.54 Å². The molecule has 32 heavy (non-hydrogen) atoms. The number of fused-ring (bicyclic) bond motifs is 1. The van der Waals surface area contributed by atoms with Gasteiger partial charge in [0.1, 0.15) is 12.4 Å². The Bertz CT molecular complexity index is 1270. The van der Waals surface area contributed by atoms with Crippen molar-refractivity contribution >= 4 is 26.8 Å². The monoisotopic (exact) mass is 498 g/mol. The van der Waals surface area contributed by atoms with E-state index in [1.807, 2.05) is 30.5 Å². The lowest BCUT2D eigenvalue weighted by Gasteiger charge is -2.18. The number of benzene rings is 3. The molecule has 0 aliphatic heterocycles. The molecular formula is C24H20BrFN2O4. The van der Waals surface area contributed by atoms with E-state index >= 15 is 0 Å². The molecule has 0 bridgehead atoms. The van der Waals surface area contributed by atoms with Crippen LogP contribution in [0.2, 0.25) is 0 Å². The molecule has 8 heteroatoms. The van der Waals surface area contributed by atoms with E-state index in [1.54, 1.807) is 24.3 Å². The van der Waals surface area contributed by atoms with Crippen LogP contribution in [-0.2, 0) is 6.61 Å². The lowest BCUT2D eigenvalue weighted by atomic mass is 9.90. The number of H-pyrrole nitrogens is 1. The number of aromatic nitrogens is 1. The summed E-state index contributed by atoms with van der Waals surface area (Å²) in [5, 5.41) is 12.4. The minimum absolute atomic E-state index is 0.146. The van der Waals surface area contributed by atoms with Crippen LogP contribution in [0.15, 0.2) is 71.3 Å². The van der Waals surface area contributed by atoms with Crippen molar-refractivity contribution in [1.29, 1.82) is 0 Å². The molecule has 164 valence electrons. The van der Waals surface area contributed by atoms with Gasteiger partial charge >= 0.3 is 0 Å². The molecular weight excluding hydrogens is 479 g/mol. The second kappa shape index (κ2) is 9.40. The fraction of sp³-hybridized carbons (Fsp3) is 0.167. The maximum Gasteiger partial charge on any atom is 0.214 e.